The van der Waals surface area contributed by atoms with Crippen LogP contribution < -0.4 is 16.4 Å². The first-order chi connectivity index (χ1) is 15.2. The van der Waals surface area contributed by atoms with Crippen molar-refractivity contribution < 1.29 is 34.1 Å². The molecule has 0 aromatic heterocycles. The highest BCUT2D eigenvalue weighted by Crippen LogP contribution is 2.43. The Balaban J connectivity index is 5.98. The zero-order valence-corrected chi connectivity index (χ0v) is 22.2. The maximum atomic E-state index is 12.9. The molecule has 34 heavy (non-hydrogen) atoms. The van der Waals surface area contributed by atoms with E-state index in [0.29, 0.717) is 19.4 Å². The molecular weight excluding hydrogens is 442 g/mol. The monoisotopic (exact) mass is 487 g/mol. The topological polar surface area (TPSA) is 168 Å². The smallest absolute Gasteiger partial charge is 0.329 e. The number of rotatable bonds is 11. The molecule has 0 bridgehead atoms. The lowest BCUT2D eigenvalue weighted by molar-refractivity contribution is -0.157. The molecular formula is C24H45N3O7. The van der Waals surface area contributed by atoms with Crippen LogP contribution in [0.3, 0.4) is 0 Å². The van der Waals surface area contributed by atoms with Gasteiger partial charge in [0.05, 0.1) is 5.92 Å². The van der Waals surface area contributed by atoms with Crippen molar-refractivity contribution >= 4 is 23.9 Å². The number of unbranched alkanes of at least 4 members (excludes halogenated alkanes) is 1. The lowest BCUT2D eigenvalue weighted by Crippen LogP contribution is -2.59. The molecule has 3 unspecified atom stereocenters. The van der Waals surface area contributed by atoms with Crippen molar-refractivity contribution in [2.45, 2.75) is 99.3 Å². The van der Waals surface area contributed by atoms with Crippen LogP contribution in [-0.2, 0) is 19.1 Å². The first-order valence-electron chi connectivity index (χ1n) is 11.7. The van der Waals surface area contributed by atoms with Crippen molar-refractivity contribution in [2.75, 3.05) is 6.54 Å². The molecule has 0 heterocycles. The van der Waals surface area contributed by atoms with Crippen LogP contribution in [-0.4, -0.2) is 58.4 Å². The van der Waals surface area contributed by atoms with E-state index >= 15 is 0 Å². The van der Waals surface area contributed by atoms with Gasteiger partial charge in [-0.15, -0.1) is 0 Å². The quantitative estimate of drug-likeness (QED) is 0.219. The highest BCUT2D eigenvalue weighted by molar-refractivity contribution is 5.87. The van der Waals surface area contributed by atoms with Crippen LogP contribution in [0.25, 0.3) is 0 Å². The number of aliphatic carboxylic acids is 2. The summed E-state index contributed by atoms with van der Waals surface area (Å²) in [5, 5.41) is 24.9. The summed E-state index contributed by atoms with van der Waals surface area (Å²) in [6.45, 7) is 15.9. The van der Waals surface area contributed by atoms with E-state index in [1.165, 1.54) is 0 Å². The Morgan fingerprint density at radius 3 is 1.71 bits per heavy atom. The second-order valence-electron chi connectivity index (χ2n) is 11.9. The maximum Gasteiger partial charge on any atom is 0.329 e. The van der Waals surface area contributed by atoms with E-state index in [2.05, 4.69) is 10.6 Å². The minimum atomic E-state index is -1.51. The normalized spacial score (nSPS) is 16.1. The number of urea groups is 1. The van der Waals surface area contributed by atoms with Crippen LogP contribution in [0, 0.1) is 22.7 Å². The summed E-state index contributed by atoms with van der Waals surface area (Å²) in [4.78, 5) is 50.0. The van der Waals surface area contributed by atoms with E-state index in [1.54, 1.807) is 62.3 Å². The molecule has 6 N–H and O–H groups in total. The molecule has 0 aliphatic carbocycles. The molecule has 4 atom stereocenters. The van der Waals surface area contributed by atoms with Crippen LogP contribution in [0.15, 0.2) is 0 Å². The number of esters is 1. The van der Waals surface area contributed by atoms with Gasteiger partial charge in [-0.1, -0.05) is 41.5 Å². The minimum absolute atomic E-state index is 0.264. The lowest BCUT2D eigenvalue weighted by Gasteiger charge is -2.44. The van der Waals surface area contributed by atoms with Crippen LogP contribution in [0.2, 0.25) is 0 Å². The minimum Gasteiger partial charge on any atom is -0.481 e. The van der Waals surface area contributed by atoms with E-state index in [0.717, 1.165) is 0 Å². The molecule has 10 heteroatoms. The SMILES string of the molecule is CC(C)(C)OC(=O)[C@H](CCCCN)NC(=O)NC(C(=O)O)C(C(C(=O)O)C(C)(C)C)C(C)(C)C. The predicted octanol–water partition coefficient (Wildman–Crippen LogP) is 2.99. The van der Waals surface area contributed by atoms with Gasteiger partial charge in [0.1, 0.15) is 17.7 Å². The number of hydrogen-bond donors (Lipinski definition) is 5. The summed E-state index contributed by atoms with van der Waals surface area (Å²) < 4.78 is 5.39. The van der Waals surface area contributed by atoms with Gasteiger partial charge in [0.15, 0.2) is 0 Å². The molecule has 0 aliphatic rings. The third-order valence-corrected chi connectivity index (χ3v) is 5.41. The standard InChI is InChI=1S/C24H45N3O7/c1-22(2,3)15(16(18(28)29)23(4,5)6)17(19(30)31)27-21(33)26-14(12-10-11-13-25)20(32)34-24(7,8)9/h14-17H,10-13,25H2,1-9H3,(H,28,29)(H,30,31)(H2,26,27,33)/t14-,15?,16?,17?/m0/s1. The van der Waals surface area contributed by atoms with E-state index in [9.17, 15) is 29.4 Å². The molecule has 0 fully saturated rings. The number of amides is 2. The predicted molar refractivity (Wildman–Crippen MR) is 129 cm³/mol. The number of hydrogen-bond acceptors (Lipinski definition) is 6. The number of ether oxygens (including phenoxy) is 1. The van der Waals surface area contributed by atoms with Crippen molar-refractivity contribution in [3.8, 4) is 0 Å². The number of nitrogens with two attached hydrogens (primary N) is 1. The molecule has 0 saturated carbocycles. The van der Waals surface area contributed by atoms with E-state index in [-0.39, 0.29) is 6.42 Å². The Kier molecular flexibility index (Phi) is 11.5. The van der Waals surface area contributed by atoms with Gasteiger partial charge in [-0.05, 0) is 57.4 Å². The number of carbonyl (C=O) groups excluding carboxylic acids is 2. The summed E-state index contributed by atoms with van der Waals surface area (Å²) in [6.07, 6.45) is 1.46. The molecule has 0 spiro atoms. The van der Waals surface area contributed by atoms with Crippen molar-refractivity contribution in [2.24, 2.45) is 28.4 Å². The number of carbonyl (C=O) groups is 4. The Bertz CT molecular complexity index is 718. The Morgan fingerprint density at radius 1 is 0.824 bits per heavy atom. The molecule has 0 aromatic carbocycles. The van der Waals surface area contributed by atoms with Crippen molar-refractivity contribution in [3.63, 3.8) is 0 Å². The summed E-state index contributed by atoms with van der Waals surface area (Å²) in [6, 6.07) is -3.40. The third kappa shape index (κ3) is 10.7. The average Bonchev–Trinajstić information content (AvgIpc) is 2.59. The van der Waals surface area contributed by atoms with Crippen LogP contribution in [0.4, 0.5) is 4.79 Å². The zero-order chi connectivity index (χ0) is 27.1. The summed E-state index contributed by atoms with van der Waals surface area (Å²) in [7, 11) is 0. The summed E-state index contributed by atoms with van der Waals surface area (Å²) in [5.41, 5.74) is 3.19. The van der Waals surface area contributed by atoms with Gasteiger partial charge in [-0.25, -0.2) is 14.4 Å². The van der Waals surface area contributed by atoms with Crippen molar-refractivity contribution in [1.82, 2.24) is 10.6 Å². The first kappa shape index (κ1) is 31.6. The Labute approximate surface area is 203 Å². The molecule has 0 radical (unpaired) electrons. The number of nitrogens with one attached hydrogen (secondary N) is 2. The average molecular weight is 488 g/mol. The van der Waals surface area contributed by atoms with E-state index < -0.39 is 64.3 Å². The largest absolute Gasteiger partial charge is 0.481 e. The first-order valence-corrected chi connectivity index (χ1v) is 11.7. The van der Waals surface area contributed by atoms with Gasteiger partial charge < -0.3 is 31.3 Å². The molecule has 0 rings (SSSR count). The molecule has 198 valence electrons. The molecule has 10 nitrogen and oxygen atoms in total. The van der Waals surface area contributed by atoms with E-state index in [1.807, 2.05) is 0 Å². The molecule has 0 aliphatic heterocycles. The van der Waals surface area contributed by atoms with Gasteiger partial charge in [0, 0.05) is 5.92 Å². The summed E-state index contributed by atoms with van der Waals surface area (Å²) in [5.74, 6) is -5.17. The van der Waals surface area contributed by atoms with Crippen LogP contribution >= 0.6 is 0 Å². The second-order valence-corrected chi connectivity index (χ2v) is 11.9. The second kappa shape index (κ2) is 12.4. The van der Waals surface area contributed by atoms with Crippen molar-refractivity contribution in [3.05, 3.63) is 0 Å². The summed E-state index contributed by atoms with van der Waals surface area (Å²) >= 11 is 0. The zero-order valence-electron chi connectivity index (χ0n) is 22.2. The molecule has 2 amide bonds. The molecule has 0 aromatic rings. The Morgan fingerprint density at radius 2 is 1.35 bits per heavy atom. The van der Waals surface area contributed by atoms with E-state index in [4.69, 9.17) is 10.5 Å². The molecule has 0 saturated heterocycles. The highest BCUT2D eigenvalue weighted by atomic mass is 16.6. The fourth-order valence-corrected chi connectivity index (χ4v) is 4.02. The highest BCUT2D eigenvalue weighted by Gasteiger charge is 2.50. The number of carboxylic acids is 2. The lowest BCUT2D eigenvalue weighted by atomic mass is 9.61. The fraction of sp³-hybridized carbons (Fsp3) is 0.833. The third-order valence-electron chi connectivity index (χ3n) is 5.41. The van der Waals surface area contributed by atoms with Crippen LogP contribution in [0.5, 0.6) is 0 Å². The van der Waals surface area contributed by atoms with Crippen molar-refractivity contribution in [1.29, 1.82) is 0 Å². The van der Waals surface area contributed by atoms with Crippen LogP contribution in [0.1, 0.15) is 81.6 Å². The fourth-order valence-electron chi connectivity index (χ4n) is 4.02. The van der Waals surface area contributed by atoms with Gasteiger partial charge in [0.2, 0.25) is 0 Å². The van der Waals surface area contributed by atoms with Gasteiger partial charge in [-0.3, -0.25) is 4.79 Å². The Hall–Kier alpha value is -2.36. The maximum absolute atomic E-state index is 12.9. The van der Waals surface area contributed by atoms with Gasteiger partial charge in [-0.2, -0.15) is 0 Å². The van der Waals surface area contributed by atoms with Gasteiger partial charge >= 0.3 is 23.9 Å². The number of carboxylic acid groups (broad SMARTS) is 2. The van der Waals surface area contributed by atoms with Gasteiger partial charge in [0.25, 0.3) is 0 Å².